The molecule has 0 aliphatic heterocycles. The number of carbonyl (C=O) groups excluding carboxylic acids is 1. The van der Waals surface area contributed by atoms with Gasteiger partial charge in [-0.3, -0.25) is 4.79 Å². The van der Waals surface area contributed by atoms with E-state index in [-0.39, 0.29) is 18.1 Å². The monoisotopic (exact) mass is 336 g/mol. The zero-order valence-electron chi connectivity index (χ0n) is 13.7. The Balaban J connectivity index is 1.61. The highest BCUT2D eigenvalue weighted by Gasteiger charge is 2.04. The summed E-state index contributed by atoms with van der Waals surface area (Å²) in [7, 11) is 0. The molecule has 3 aromatic rings. The number of nitrogens with one attached hydrogen (secondary N) is 1. The third kappa shape index (κ3) is 4.38. The molecule has 25 heavy (non-hydrogen) atoms. The Morgan fingerprint density at radius 3 is 2.52 bits per heavy atom. The van der Waals surface area contributed by atoms with Gasteiger partial charge in [0.25, 0.3) is 0 Å². The van der Waals surface area contributed by atoms with Crippen molar-refractivity contribution in [3.05, 3.63) is 84.2 Å². The van der Waals surface area contributed by atoms with E-state index in [9.17, 15) is 9.18 Å². The van der Waals surface area contributed by atoms with E-state index >= 15 is 0 Å². The predicted molar refractivity (Wildman–Crippen MR) is 94.0 cm³/mol. The summed E-state index contributed by atoms with van der Waals surface area (Å²) in [6.07, 6.45) is 5.46. The number of hydrogen-bond acceptors (Lipinski definition) is 3. The maximum atomic E-state index is 12.9. The highest BCUT2D eigenvalue weighted by Crippen LogP contribution is 2.10. The molecule has 5 nitrogen and oxygen atoms in total. The topological polar surface area (TPSA) is 59.3 Å². The fraction of sp³-hybridized carbons (Fsp3) is 0.105. The highest BCUT2D eigenvalue weighted by atomic mass is 19.1. The van der Waals surface area contributed by atoms with Crippen molar-refractivity contribution in [2.24, 2.45) is 5.10 Å². The fourth-order valence-corrected chi connectivity index (χ4v) is 2.32. The Hall–Kier alpha value is -3.28. The number of hydrogen-bond donors (Lipinski definition) is 1. The number of rotatable bonds is 5. The van der Waals surface area contributed by atoms with Gasteiger partial charge in [-0.15, -0.1) is 0 Å². The Bertz CT molecular complexity index is 869. The molecule has 0 bridgehead atoms. The summed E-state index contributed by atoms with van der Waals surface area (Å²) in [5.41, 5.74) is 5.86. The second kappa shape index (κ2) is 7.53. The largest absolute Gasteiger partial charge is 0.306 e. The first-order chi connectivity index (χ1) is 12.1. The van der Waals surface area contributed by atoms with Crippen LogP contribution >= 0.6 is 0 Å². The minimum Gasteiger partial charge on any atom is -0.306 e. The summed E-state index contributed by atoms with van der Waals surface area (Å²) in [5, 5.41) is 4.12. The summed E-state index contributed by atoms with van der Waals surface area (Å²) in [4.78, 5) is 15.9. The number of imidazole rings is 1. The molecule has 0 saturated carbocycles. The number of nitrogens with zero attached hydrogens (tertiary/aromatic N) is 3. The second-order valence-electron chi connectivity index (χ2n) is 5.55. The van der Waals surface area contributed by atoms with Crippen LogP contribution in [0.25, 0.3) is 5.69 Å². The molecule has 1 amide bonds. The van der Waals surface area contributed by atoms with E-state index in [0.717, 1.165) is 16.8 Å². The molecule has 0 radical (unpaired) electrons. The van der Waals surface area contributed by atoms with Crippen molar-refractivity contribution in [3.8, 4) is 5.69 Å². The van der Waals surface area contributed by atoms with E-state index in [2.05, 4.69) is 15.5 Å². The zero-order valence-corrected chi connectivity index (χ0v) is 13.7. The molecule has 0 spiro atoms. The van der Waals surface area contributed by atoms with Crippen LogP contribution in [0.1, 0.15) is 18.1 Å². The lowest BCUT2D eigenvalue weighted by molar-refractivity contribution is -0.120. The first-order valence-corrected chi connectivity index (χ1v) is 7.78. The Labute approximate surface area is 144 Å². The van der Waals surface area contributed by atoms with Crippen molar-refractivity contribution in [1.82, 2.24) is 15.0 Å². The molecule has 1 N–H and O–H groups in total. The van der Waals surface area contributed by atoms with Crippen molar-refractivity contribution in [3.63, 3.8) is 0 Å². The van der Waals surface area contributed by atoms with Gasteiger partial charge in [-0.25, -0.2) is 14.8 Å². The van der Waals surface area contributed by atoms with Gasteiger partial charge in [0.15, 0.2) is 0 Å². The van der Waals surface area contributed by atoms with Gasteiger partial charge < -0.3 is 4.57 Å². The lowest BCUT2D eigenvalue weighted by Gasteiger charge is -2.06. The van der Waals surface area contributed by atoms with Crippen LogP contribution in [0, 0.1) is 5.82 Å². The summed E-state index contributed by atoms with van der Waals surface area (Å²) >= 11 is 0. The standard InChI is InChI=1S/C19H17FN4O/c1-14(16-4-8-18(9-5-16)24-11-10-21-13-24)22-23-19(25)12-15-2-6-17(20)7-3-15/h2-11,13H,12H2,1H3,(H,23,25)/b22-14-. The van der Waals surface area contributed by atoms with Crippen molar-refractivity contribution in [1.29, 1.82) is 0 Å². The molecule has 126 valence electrons. The molecule has 1 heterocycles. The zero-order chi connectivity index (χ0) is 17.6. The van der Waals surface area contributed by atoms with Gasteiger partial charge in [-0.1, -0.05) is 24.3 Å². The molecule has 0 unspecified atom stereocenters. The summed E-state index contributed by atoms with van der Waals surface area (Å²) in [6, 6.07) is 13.6. The van der Waals surface area contributed by atoms with Gasteiger partial charge in [0.2, 0.25) is 5.91 Å². The quantitative estimate of drug-likeness (QED) is 0.575. The number of benzene rings is 2. The average molecular weight is 336 g/mol. The molecule has 2 aromatic carbocycles. The van der Waals surface area contributed by atoms with E-state index in [1.165, 1.54) is 12.1 Å². The highest BCUT2D eigenvalue weighted by molar-refractivity contribution is 5.99. The molecule has 3 rings (SSSR count). The van der Waals surface area contributed by atoms with Crippen molar-refractivity contribution in [2.75, 3.05) is 0 Å². The maximum Gasteiger partial charge on any atom is 0.244 e. The van der Waals surface area contributed by atoms with Crippen LogP contribution in [-0.2, 0) is 11.2 Å². The van der Waals surface area contributed by atoms with Crippen LogP contribution in [0.4, 0.5) is 4.39 Å². The molecule has 0 saturated heterocycles. The fourth-order valence-electron chi connectivity index (χ4n) is 2.32. The lowest BCUT2D eigenvalue weighted by Crippen LogP contribution is -2.21. The number of hydrazone groups is 1. The molecular weight excluding hydrogens is 319 g/mol. The van der Waals surface area contributed by atoms with Gasteiger partial charge in [-0.2, -0.15) is 5.10 Å². The number of carbonyl (C=O) groups is 1. The van der Waals surface area contributed by atoms with E-state index in [4.69, 9.17) is 0 Å². The molecule has 0 aliphatic rings. The van der Waals surface area contributed by atoms with Crippen LogP contribution in [0.3, 0.4) is 0 Å². The minimum absolute atomic E-state index is 0.149. The van der Waals surface area contributed by atoms with Crippen molar-refractivity contribution in [2.45, 2.75) is 13.3 Å². The molecule has 0 atom stereocenters. The van der Waals surface area contributed by atoms with E-state index < -0.39 is 0 Å². The van der Waals surface area contributed by atoms with Crippen molar-refractivity contribution < 1.29 is 9.18 Å². The van der Waals surface area contributed by atoms with E-state index in [1.54, 1.807) is 24.7 Å². The smallest absolute Gasteiger partial charge is 0.244 e. The molecule has 1 aromatic heterocycles. The third-order valence-electron chi connectivity index (χ3n) is 3.71. The van der Waals surface area contributed by atoms with Crippen LogP contribution in [0.15, 0.2) is 72.4 Å². The van der Waals surface area contributed by atoms with Crippen LogP contribution in [0.2, 0.25) is 0 Å². The maximum absolute atomic E-state index is 12.9. The van der Waals surface area contributed by atoms with Crippen LogP contribution < -0.4 is 5.43 Å². The minimum atomic E-state index is -0.322. The second-order valence-corrected chi connectivity index (χ2v) is 5.55. The molecule has 0 fully saturated rings. The normalized spacial score (nSPS) is 11.4. The SMILES string of the molecule is C/C(=N/NC(=O)Cc1ccc(F)cc1)c1ccc(-n2ccnc2)cc1. The van der Waals surface area contributed by atoms with Gasteiger partial charge in [0.05, 0.1) is 18.5 Å². The first kappa shape index (κ1) is 16.6. The Morgan fingerprint density at radius 1 is 1.16 bits per heavy atom. The predicted octanol–water partition coefficient (Wildman–Crippen LogP) is 3.09. The average Bonchev–Trinajstić information content (AvgIpc) is 3.16. The lowest BCUT2D eigenvalue weighted by atomic mass is 10.1. The Morgan fingerprint density at radius 2 is 1.88 bits per heavy atom. The number of aromatic nitrogens is 2. The van der Waals surface area contributed by atoms with Gasteiger partial charge in [0.1, 0.15) is 5.82 Å². The summed E-state index contributed by atoms with van der Waals surface area (Å²) in [6.45, 7) is 1.82. The summed E-state index contributed by atoms with van der Waals surface area (Å²) < 4.78 is 14.8. The first-order valence-electron chi connectivity index (χ1n) is 7.78. The molecular formula is C19H17FN4O. The van der Waals surface area contributed by atoms with E-state index in [1.807, 2.05) is 42.0 Å². The number of amides is 1. The molecule has 6 heteroatoms. The molecule has 0 aliphatic carbocycles. The van der Waals surface area contributed by atoms with Crippen LogP contribution in [0.5, 0.6) is 0 Å². The van der Waals surface area contributed by atoms with E-state index in [0.29, 0.717) is 5.71 Å². The summed E-state index contributed by atoms with van der Waals surface area (Å²) in [5.74, 6) is -0.571. The van der Waals surface area contributed by atoms with Gasteiger partial charge in [0, 0.05) is 18.1 Å². The van der Waals surface area contributed by atoms with Crippen molar-refractivity contribution >= 4 is 11.6 Å². The van der Waals surface area contributed by atoms with Crippen LogP contribution in [-0.4, -0.2) is 21.2 Å². The van der Waals surface area contributed by atoms with Gasteiger partial charge >= 0.3 is 0 Å². The Kier molecular flexibility index (Phi) is 4.99. The van der Waals surface area contributed by atoms with Gasteiger partial charge in [-0.05, 0) is 42.3 Å². The number of halogens is 1. The third-order valence-corrected chi connectivity index (χ3v) is 3.71.